The number of piperidine rings is 1. The third kappa shape index (κ3) is 2.93. The molecule has 0 aliphatic carbocycles. The van der Waals surface area contributed by atoms with Gasteiger partial charge in [0.25, 0.3) is 5.91 Å². The van der Waals surface area contributed by atoms with Crippen LogP contribution in [0.1, 0.15) is 23.2 Å². The van der Waals surface area contributed by atoms with E-state index in [9.17, 15) is 4.79 Å². The Kier molecular flexibility index (Phi) is 4.18. The number of thiazole rings is 1. The van der Waals surface area contributed by atoms with E-state index in [0.29, 0.717) is 17.6 Å². The molecule has 8 heteroatoms. The number of ether oxygens (including phenoxy) is 1. The van der Waals surface area contributed by atoms with Gasteiger partial charge in [0.2, 0.25) is 0 Å². The number of nitrogens with one attached hydrogen (secondary N) is 1. The van der Waals surface area contributed by atoms with Crippen LogP contribution in [0.3, 0.4) is 0 Å². The fourth-order valence-corrected chi connectivity index (χ4v) is 4.81. The van der Waals surface area contributed by atoms with Crippen molar-refractivity contribution in [3.8, 4) is 5.13 Å². The molecule has 5 heterocycles. The lowest BCUT2D eigenvalue weighted by Crippen LogP contribution is -2.59. The second-order valence-electron chi connectivity index (χ2n) is 7.25. The Hall–Kier alpha value is -2.29. The van der Waals surface area contributed by atoms with Gasteiger partial charge in [0.15, 0.2) is 5.13 Å². The summed E-state index contributed by atoms with van der Waals surface area (Å²) in [4.78, 5) is 24.3. The zero-order chi connectivity index (χ0) is 18.4. The number of likely N-dealkylation sites (N-methyl/N-ethyl adjacent to an activating group) is 1. The summed E-state index contributed by atoms with van der Waals surface area (Å²) in [6.45, 7) is 1.49. The van der Waals surface area contributed by atoms with Crippen molar-refractivity contribution in [3.63, 3.8) is 0 Å². The topological polar surface area (TPSA) is 72.3 Å². The van der Waals surface area contributed by atoms with Gasteiger partial charge in [-0.1, -0.05) is 0 Å². The third-order valence-electron chi connectivity index (χ3n) is 5.65. The van der Waals surface area contributed by atoms with Gasteiger partial charge in [-0.2, -0.15) is 0 Å². The number of amides is 1. The molecule has 7 nitrogen and oxygen atoms in total. The minimum atomic E-state index is -0.0446. The summed E-state index contributed by atoms with van der Waals surface area (Å²) in [5.41, 5.74) is 1.40. The van der Waals surface area contributed by atoms with Crippen LogP contribution in [-0.2, 0) is 4.74 Å². The van der Waals surface area contributed by atoms with E-state index in [-0.39, 0.29) is 11.9 Å². The van der Waals surface area contributed by atoms with Crippen LogP contribution in [0.2, 0.25) is 0 Å². The second-order valence-corrected chi connectivity index (χ2v) is 8.13. The molecule has 1 N–H and O–H groups in total. The van der Waals surface area contributed by atoms with Crippen molar-refractivity contribution >= 4 is 28.3 Å². The van der Waals surface area contributed by atoms with E-state index in [0.717, 1.165) is 42.2 Å². The molecule has 1 amide bonds. The SMILES string of the molecule is CN1[C@@H]2COC[C@H]1CC(NC(=O)c1cn(-c3nccs3)c3ncccc13)C2. The first-order chi connectivity index (χ1) is 13.2. The molecule has 0 radical (unpaired) electrons. The molecule has 3 aromatic rings. The van der Waals surface area contributed by atoms with Gasteiger partial charge >= 0.3 is 0 Å². The van der Waals surface area contributed by atoms with Crippen LogP contribution < -0.4 is 5.32 Å². The van der Waals surface area contributed by atoms with Crippen LogP contribution >= 0.6 is 11.3 Å². The second kappa shape index (κ2) is 6.70. The number of carbonyl (C=O) groups is 1. The first kappa shape index (κ1) is 16.9. The van der Waals surface area contributed by atoms with Crippen molar-refractivity contribution < 1.29 is 9.53 Å². The fraction of sp³-hybridized carbons (Fsp3) is 0.421. The number of fused-ring (bicyclic) bond motifs is 3. The third-order valence-corrected chi connectivity index (χ3v) is 6.42. The molecule has 0 saturated carbocycles. The molecule has 5 rings (SSSR count). The van der Waals surface area contributed by atoms with Gasteiger partial charge in [-0.15, -0.1) is 11.3 Å². The summed E-state index contributed by atoms with van der Waals surface area (Å²) in [5, 5.41) is 6.83. The highest BCUT2D eigenvalue weighted by Crippen LogP contribution is 2.28. The predicted molar refractivity (Wildman–Crippen MR) is 103 cm³/mol. The van der Waals surface area contributed by atoms with Gasteiger partial charge in [-0.25, -0.2) is 9.97 Å². The summed E-state index contributed by atoms with van der Waals surface area (Å²) in [7, 11) is 2.16. The molecule has 2 saturated heterocycles. The largest absolute Gasteiger partial charge is 0.378 e. The van der Waals surface area contributed by atoms with Crippen molar-refractivity contribution in [2.75, 3.05) is 20.3 Å². The highest BCUT2D eigenvalue weighted by atomic mass is 32.1. The first-order valence-corrected chi connectivity index (χ1v) is 10.0. The van der Waals surface area contributed by atoms with Crippen LogP contribution in [0.5, 0.6) is 0 Å². The highest BCUT2D eigenvalue weighted by Gasteiger charge is 2.37. The smallest absolute Gasteiger partial charge is 0.253 e. The monoisotopic (exact) mass is 383 g/mol. The molecule has 0 spiro atoms. The lowest BCUT2D eigenvalue weighted by Gasteiger charge is -2.46. The molecule has 0 aromatic carbocycles. The maximum atomic E-state index is 13.1. The number of hydrogen-bond acceptors (Lipinski definition) is 6. The Morgan fingerprint density at radius 1 is 1.26 bits per heavy atom. The number of carbonyl (C=O) groups excluding carboxylic acids is 1. The van der Waals surface area contributed by atoms with Crippen LogP contribution in [0.4, 0.5) is 0 Å². The summed E-state index contributed by atoms with van der Waals surface area (Å²) < 4.78 is 7.57. The normalized spacial score (nSPS) is 25.6. The standard InChI is InChI=1S/C19H21N5O2S/c1-23-13-7-12(8-14(23)11-26-10-13)22-18(25)16-9-24(19-21-5-6-27-19)17-15(16)3-2-4-20-17/h2-6,9,12-14H,7-8,10-11H2,1H3,(H,22,25)/t12?,13-,14+. The molecule has 3 atom stereocenters. The molecule has 2 fully saturated rings. The summed E-state index contributed by atoms with van der Waals surface area (Å²) >= 11 is 1.52. The lowest BCUT2D eigenvalue weighted by molar-refractivity contribution is -0.0670. The van der Waals surface area contributed by atoms with E-state index in [4.69, 9.17) is 4.74 Å². The number of nitrogens with zero attached hydrogens (tertiary/aromatic N) is 4. The average Bonchev–Trinajstić information content (AvgIpc) is 3.30. The van der Waals surface area contributed by atoms with E-state index < -0.39 is 0 Å². The van der Waals surface area contributed by atoms with E-state index >= 15 is 0 Å². The van der Waals surface area contributed by atoms with Crippen molar-refractivity contribution in [2.24, 2.45) is 0 Å². The molecule has 1 unspecified atom stereocenters. The molecule has 140 valence electrons. The van der Waals surface area contributed by atoms with Gasteiger partial charge in [-0.3, -0.25) is 14.3 Å². The minimum absolute atomic E-state index is 0.0446. The van der Waals surface area contributed by atoms with Gasteiger partial charge < -0.3 is 10.1 Å². The lowest BCUT2D eigenvalue weighted by atomic mass is 9.90. The molecule has 2 bridgehead atoms. The fourth-order valence-electron chi connectivity index (χ4n) is 4.20. The van der Waals surface area contributed by atoms with Gasteiger partial charge in [0, 0.05) is 47.5 Å². The Labute approximate surface area is 161 Å². The zero-order valence-electron chi connectivity index (χ0n) is 15.0. The van der Waals surface area contributed by atoms with E-state index in [2.05, 4.69) is 27.2 Å². The zero-order valence-corrected chi connectivity index (χ0v) is 15.9. The van der Waals surface area contributed by atoms with Crippen LogP contribution in [0.15, 0.2) is 36.1 Å². The molecular weight excluding hydrogens is 362 g/mol. The van der Waals surface area contributed by atoms with Crippen LogP contribution in [-0.4, -0.2) is 63.7 Å². The number of aromatic nitrogens is 3. The van der Waals surface area contributed by atoms with Crippen molar-refractivity contribution in [2.45, 2.75) is 31.0 Å². The van der Waals surface area contributed by atoms with Crippen molar-refractivity contribution in [1.29, 1.82) is 0 Å². The molecular formula is C19H21N5O2S. The quantitative estimate of drug-likeness (QED) is 0.750. The van der Waals surface area contributed by atoms with E-state index in [1.807, 2.05) is 28.3 Å². The Morgan fingerprint density at radius 2 is 2.07 bits per heavy atom. The summed E-state index contributed by atoms with van der Waals surface area (Å²) in [6.07, 6.45) is 7.19. The molecule has 2 aliphatic rings. The van der Waals surface area contributed by atoms with Crippen molar-refractivity contribution in [1.82, 2.24) is 24.8 Å². The van der Waals surface area contributed by atoms with E-state index in [1.54, 1.807) is 12.4 Å². The minimum Gasteiger partial charge on any atom is -0.378 e. The molecule has 27 heavy (non-hydrogen) atoms. The maximum Gasteiger partial charge on any atom is 0.253 e. The maximum absolute atomic E-state index is 13.1. The van der Waals surface area contributed by atoms with Gasteiger partial charge in [-0.05, 0) is 32.0 Å². The van der Waals surface area contributed by atoms with Crippen LogP contribution in [0.25, 0.3) is 16.2 Å². The van der Waals surface area contributed by atoms with Gasteiger partial charge in [0.05, 0.1) is 18.8 Å². The Balaban J connectivity index is 1.43. The summed E-state index contributed by atoms with van der Waals surface area (Å²) in [5.74, 6) is -0.0446. The molecule has 2 aliphatic heterocycles. The molecule has 3 aromatic heterocycles. The summed E-state index contributed by atoms with van der Waals surface area (Å²) in [6, 6.07) is 4.73. The Bertz CT molecular complexity index is 956. The van der Waals surface area contributed by atoms with Crippen LogP contribution in [0, 0.1) is 0 Å². The van der Waals surface area contributed by atoms with Crippen molar-refractivity contribution in [3.05, 3.63) is 41.7 Å². The highest BCUT2D eigenvalue weighted by molar-refractivity contribution is 7.12. The van der Waals surface area contributed by atoms with Gasteiger partial charge in [0.1, 0.15) is 5.65 Å². The predicted octanol–water partition coefficient (Wildman–Crippen LogP) is 2.07. The van der Waals surface area contributed by atoms with E-state index in [1.165, 1.54) is 11.3 Å². The first-order valence-electron chi connectivity index (χ1n) is 9.17. The number of rotatable bonds is 3. The number of morpholine rings is 1. The number of hydrogen-bond donors (Lipinski definition) is 1. The average molecular weight is 383 g/mol. The Morgan fingerprint density at radius 3 is 2.81 bits per heavy atom. The number of pyridine rings is 1.